The number of rotatable bonds is 1. The minimum Gasteiger partial charge on any atom is -0.363 e. The summed E-state index contributed by atoms with van der Waals surface area (Å²) in [6.07, 6.45) is 2.30. The standard InChI is InChI=1S/C13H16NOS/c1-13(8-5-9-15-13)12-14(2)10-6-3-4-7-11(10)16-12/h3-4,6-7H,5,8-9H2,1-2H3/q+1. The molecule has 1 saturated heterocycles. The first-order valence-corrected chi connectivity index (χ1v) is 6.54. The number of aromatic nitrogens is 1. The van der Waals surface area contributed by atoms with Crippen LogP contribution in [0.25, 0.3) is 10.2 Å². The normalized spacial score (nSPS) is 25.4. The summed E-state index contributed by atoms with van der Waals surface area (Å²) < 4.78 is 9.55. The molecule has 16 heavy (non-hydrogen) atoms. The van der Waals surface area contributed by atoms with Crippen LogP contribution in [0.3, 0.4) is 0 Å². The van der Waals surface area contributed by atoms with Gasteiger partial charge in [0.1, 0.15) is 11.7 Å². The number of aryl methyl sites for hydroxylation is 1. The van der Waals surface area contributed by atoms with Gasteiger partial charge in [-0.1, -0.05) is 23.5 Å². The number of benzene rings is 1. The van der Waals surface area contributed by atoms with Crippen molar-refractivity contribution < 1.29 is 9.30 Å². The van der Waals surface area contributed by atoms with Gasteiger partial charge in [-0.3, -0.25) is 0 Å². The number of ether oxygens (including phenoxy) is 1. The molecule has 0 spiro atoms. The highest BCUT2D eigenvalue weighted by Gasteiger charge is 2.41. The van der Waals surface area contributed by atoms with Gasteiger partial charge < -0.3 is 4.74 Å². The summed E-state index contributed by atoms with van der Waals surface area (Å²) in [6.45, 7) is 3.11. The van der Waals surface area contributed by atoms with Crippen LogP contribution in [0.2, 0.25) is 0 Å². The van der Waals surface area contributed by atoms with Crippen molar-refractivity contribution in [3.63, 3.8) is 0 Å². The molecule has 84 valence electrons. The molecular weight excluding hydrogens is 218 g/mol. The third-order valence-corrected chi connectivity index (χ3v) is 4.87. The molecule has 0 bridgehead atoms. The fourth-order valence-corrected chi connectivity index (χ4v) is 3.79. The quantitative estimate of drug-likeness (QED) is 0.692. The van der Waals surface area contributed by atoms with Crippen molar-refractivity contribution in [2.45, 2.75) is 25.4 Å². The molecule has 0 amide bonds. The van der Waals surface area contributed by atoms with E-state index in [0.29, 0.717) is 0 Å². The second-order valence-corrected chi connectivity index (χ2v) is 5.65. The minimum atomic E-state index is -0.0710. The fraction of sp³-hybridized carbons (Fsp3) is 0.462. The number of para-hydroxylation sites is 1. The van der Waals surface area contributed by atoms with E-state index in [2.05, 4.69) is 42.8 Å². The summed E-state index contributed by atoms with van der Waals surface area (Å²) in [6, 6.07) is 8.55. The van der Waals surface area contributed by atoms with Crippen molar-refractivity contribution >= 4 is 21.6 Å². The smallest absolute Gasteiger partial charge is 0.270 e. The first-order valence-electron chi connectivity index (χ1n) is 5.73. The third-order valence-electron chi connectivity index (χ3n) is 3.41. The zero-order valence-corrected chi connectivity index (χ0v) is 10.5. The highest BCUT2D eigenvalue weighted by Crippen LogP contribution is 2.38. The Morgan fingerprint density at radius 1 is 1.38 bits per heavy atom. The van der Waals surface area contributed by atoms with Gasteiger partial charge in [0, 0.05) is 12.7 Å². The SMILES string of the molecule is C[n+]1c(C2(C)CCCO2)sc2ccccc21. The lowest BCUT2D eigenvalue weighted by atomic mass is 10.0. The molecule has 2 aromatic rings. The van der Waals surface area contributed by atoms with Crippen molar-refractivity contribution in [3.05, 3.63) is 29.3 Å². The maximum atomic E-state index is 5.93. The molecule has 2 heterocycles. The van der Waals surface area contributed by atoms with Crippen LogP contribution >= 0.6 is 11.3 Å². The Labute approximate surface area is 99.5 Å². The molecule has 3 rings (SSSR count). The summed E-state index contributed by atoms with van der Waals surface area (Å²) in [4.78, 5) is 0. The van der Waals surface area contributed by atoms with Gasteiger partial charge in [0.25, 0.3) is 5.01 Å². The van der Waals surface area contributed by atoms with Crippen molar-refractivity contribution in [1.82, 2.24) is 0 Å². The van der Waals surface area contributed by atoms with Gasteiger partial charge in [-0.2, -0.15) is 4.57 Å². The lowest BCUT2D eigenvalue weighted by Gasteiger charge is -2.16. The Hall–Kier alpha value is -0.930. The van der Waals surface area contributed by atoms with Gasteiger partial charge >= 0.3 is 0 Å². The van der Waals surface area contributed by atoms with Gasteiger partial charge in [-0.25, -0.2) is 0 Å². The van der Waals surface area contributed by atoms with Crippen molar-refractivity contribution in [3.8, 4) is 0 Å². The molecule has 1 aromatic heterocycles. The highest BCUT2D eigenvalue weighted by atomic mass is 32.1. The summed E-state index contributed by atoms with van der Waals surface area (Å²) in [5.74, 6) is 0. The zero-order valence-electron chi connectivity index (χ0n) is 9.69. The van der Waals surface area contributed by atoms with Crippen molar-refractivity contribution in [1.29, 1.82) is 0 Å². The molecule has 1 aromatic carbocycles. The van der Waals surface area contributed by atoms with E-state index in [1.54, 1.807) is 0 Å². The van der Waals surface area contributed by atoms with Gasteiger partial charge in [0.15, 0.2) is 5.60 Å². The van der Waals surface area contributed by atoms with Crippen LogP contribution < -0.4 is 4.57 Å². The predicted molar refractivity (Wildman–Crippen MR) is 65.5 cm³/mol. The van der Waals surface area contributed by atoms with Gasteiger partial charge in [0.05, 0.1) is 0 Å². The van der Waals surface area contributed by atoms with E-state index in [0.717, 1.165) is 13.0 Å². The van der Waals surface area contributed by atoms with Crippen molar-refractivity contribution in [2.75, 3.05) is 6.61 Å². The molecule has 2 nitrogen and oxygen atoms in total. The van der Waals surface area contributed by atoms with Crippen LogP contribution in [0.15, 0.2) is 24.3 Å². The number of hydrogen-bond acceptors (Lipinski definition) is 2. The van der Waals surface area contributed by atoms with Gasteiger partial charge in [-0.05, 0) is 25.8 Å². The fourth-order valence-electron chi connectivity index (χ4n) is 2.51. The maximum Gasteiger partial charge on any atom is 0.270 e. The Morgan fingerprint density at radius 2 is 2.19 bits per heavy atom. The molecular formula is C13H16NOS+. The van der Waals surface area contributed by atoms with Gasteiger partial charge in [0.2, 0.25) is 5.52 Å². The van der Waals surface area contributed by atoms with Crippen LogP contribution in [0, 0.1) is 0 Å². The lowest BCUT2D eigenvalue weighted by Crippen LogP contribution is -2.39. The predicted octanol–water partition coefficient (Wildman–Crippen LogP) is 2.75. The van der Waals surface area contributed by atoms with Crippen LogP contribution in [-0.2, 0) is 17.4 Å². The third kappa shape index (κ3) is 1.39. The first kappa shape index (κ1) is 10.2. The van der Waals surface area contributed by atoms with E-state index in [4.69, 9.17) is 4.74 Å². The van der Waals surface area contributed by atoms with E-state index < -0.39 is 0 Å². The average molecular weight is 234 g/mol. The highest BCUT2D eigenvalue weighted by molar-refractivity contribution is 7.18. The summed E-state index contributed by atoms with van der Waals surface area (Å²) in [7, 11) is 2.14. The molecule has 1 aliphatic heterocycles. The van der Waals surface area contributed by atoms with Crippen LogP contribution in [-0.4, -0.2) is 6.61 Å². The van der Waals surface area contributed by atoms with Crippen LogP contribution in [0.4, 0.5) is 0 Å². The molecule has 0 N–H and O–H groups in total. The van der Waals surface area contributed by atoms with E-state index in [1.165, 1.54) is 21.6 Å². The second kappa shape index (κ2) is 3.54. The largest absolute Gasteiger partial charge is 0.363 e. The Morgan fingerprint density at radius 3 is 2.88 bits per heavy atom. The summed E-state index contributed by atoms with van der Waals surface area (Å²) in [5, 5.41) is 1.34. The molecule has 1 fully saturated rings. The second-order valence-electron chi connectivity index (χ2n) is 4.62. The van der Waals surface area contributed by atoms with E-state index >= 15 is 0 Å². The zero-order chi connectivity index (χ0) is 11.2. The first-order chi connectivity index (χ1) is 7.71. The molecule has 0 saturated carbocycles. The monoisotopic (exact) mass is 234 g/mol. The van der Waals surface area contributed by atoms with Crippen molar-refractivity contribution in [2.24, 2.45) is 7.05 Å². The number of hydrogen-bond donors (Lipinski definition) is 0. The van der Waals surface area contributed by atoms with E-state index in [9.17, 15) is 0 Å². The average Bonchev–Trinajstić information content (AvgIpc) is 2.86. The van der Waals surface area contributed by atoms with Crippen LogP contribution in [0.1, 0.15) is 24.8 Å². The topological polar surface area (TPSA) is 13.1 Å². The van der Waals surface area contributed by atoms with E-state index in [1.807, 2.05) is 11.3 Å². The molecule has 0 radical (unpaired) electrons. The lowest BCUT2D eigenvalue weighted by molar-refractivity contribution is -0.655. The molecule has 3 heteroatoms. The number of fused-ring (bicyclic) bond motifs is 1. The summed E-state index contributed by atoms with van der Waals surface area (Å²) in [5.41, 5.74) is 1.23. The van der Waals surface area contributed by atoms with E-state index in [-0.39, 0.29) is 5.60 Å². The van der Waals surface area contributed by atoms with Gasteiger partial charge in [-0.15, -0.1) is 0 Å². The maximum absolute atomic E-state index is 5.93. The Kier molecular flexibility index (Phi) is 2.26. The molecule has 1 atom stereocenters. The van der Waals surface area contributed by atoms with Crippen LogP contribution in [0.5, 0.6) is 0 Å². The molecule has 1 unspecified atom stereocenters. The molecule has 0 aliphatic carbocycles. The number of nitrogens with zero attached hydrogens (tertiary/aromatic N) is 1. The molecule has 1 aliphatic rings. The Bertz CT molecular complexity index is 526. The number of thiazole rings is 1. The Balaban J connectivity index is 2.20. The summed E-state index contributed by atoms with van der Waals surface area (Å²) >= 11 is 1.86. The minimum absolute atomic E-state index is 0.0710.